The summed E-state index contributed by atoms with van der Waals surface area (Å²) in [4.78, 5) is 11.7. The van der Waals surface area contributed by atoms with Crippen LogP contribution in [0.3, 0.4) is 0 Å². The number of ether oxygens (including phenoxy) is 3. The molecule has 15 heavy (non-hydrogen) atoms. The SMILES string of the molecule is CCCC1(C(C)(C)C(=O)OC)OCCO1. The van der Waals surface area contributed by atoms with Gasteiger partial charge < -0.3 is 14.2 Å². The summed E-state index contributed by atoms with van der Waals surface area (Å²) in [6.45, 7) is 6.74. The summed E-state index contributed by atoms with van der Waals surface area (Å²) in [6, 6.07) is 0. The fraction of sp³-hybridized carbons (Fsp3) is 0.909. The first-order chi connectivity index (χ1) is 7.00. The van der Waals surface area contributed by atoms with E-state index in [1.165, 1.54) is 7.11 Å². The molecule has 1 rings (SSSR count). The van der Waals surface area contributed by atoms with Crippen LogP contribution < -0.4 is 0 Å². The summed E-state index contributed by atoms with van der Waals surface area (Å²) < 4.78 is 16.1. The van der Waals surface area contributed by atoms with Gasteiger partial charge in [0.2, 0.25) is 0 Å². The van der Waals surface area contributed by atoms with E-state index in [2.05, 4.69) is 0 Å². The second-order valence-electron chi connectivity index (χ2n) is 4.32. The first-order valence-electron chi connectivity index (χ1n) is 5.36. The van der Waals surface area contributed by atoms with E-state index in [1.807, 2.05) is 6.92 Å². The third-order valence-corrected chi connectivity index (χ3v) is 2.98. The van der Waals surface area contributed by atoms with Crippen LogP contribution in [0.2, 0.25) is 0 Å². The van der Waals surface area contributed by atoms with Crippen molar-refractivity contribution in [1.29, 1.82) is 0 Å². The van der Waals surface area contributed by atoms with Gasteiger partial charge in [0, 0.05) is 6.42 Å². The van der Waals surface area contributed by atoms with E-state index >= 15 is 0 Å². The molecule has 0 spiro atoms. The van der Waals surface area contributed by atoms with Crippen LogP contribution in [0.5, 0.6) is 0 Å². The lowest BCUT2D eigenvalue weighted by Crippen LogP contribution is -2.51. The van der Waals surface area contributed by atoms with Gasteiger partial charge in [-0.25, -0.2) is 0 Å². The molecule has 0 unspecified atom stereocenters. The maximum atomic E-state index is 11.7. The van der Waals surface area contributed by atoms with E-state index in [1.54, 1.807) is 13.8 Å². The van der Waals surface area contributed by atoms with Crippen LogP contribution in [0.1, 0.15) is 33.6 Å². The molecular weight excluding hydrogens is 196 g/mol. The second-order valence-corrected chi connectivity index (χ2v) is 4.32. The maximum Gasteiger partial charge on any atom is 0.316 e. The Morgan fingerprint density at radius 1 is 1.40 bits per heavy atom. The first kappa shape index (κ1) is 12.5. The molecular formula is C11H20O4. The molecule has 0 aromatic carbocycles. The minimum absolute atomic E-state index is 0.294. The van der Waals surface area contributed by atoms with Crippen LogP contribution in [0.4, 0.5) is 0 Å². The molecule has 1 saturated heterocycles. The van der Waals surface area contributed by atoms with Crippen LogP contribution in [-0.2, 0) is 19.0 Å². The fourth-order valence-electron chi connectivity index (χ4n) is 2.01. The van der Waals surface area contributed by atoms with Gasteiger partial charge in [0.05, 0.1) is 20.3 Å². The number of carbonyl (C=O) groups excluding carboxylic acids is 1. The molecule has 1 aliphatic heterocycles. The zero-order valence-electron chi connectivity index (χ0n) is 9.96. The van der Waals surface area contributed by atoms with Crippen molar-refractivity contribution in [2.75, 3.05) is 20.3 Å². The van der Waals surface area contributed by atoms with E-state index in [-0.39, 0.29) is 5.97 Å². The third kappa shape index (κ3) is 2.01. The Kier molecular flexibility index (Phi) is 3.73. The number of esters is 1. The van der Waals surface area contributed by atoms with Crippen molar-refractivity contribution in [3.05, 3.63) is 0 Å². The molecule has 0 atom stereocenters. The van der Waals surface area contributed by atoms with Crippen LogP contribution in [-0.4, -0.2) is 32.1 Å². The van der Waals surface area contributed by atoms with Crippen LogP contribution in [0.15, 0.2) is 0 Å². The molecule has 88 valence electrons. The number of hydrogen-bond donors (Lipinski definition) is 0. The standard InChI is InChI=1S/C11H20O4/c1-5-6-11(14-7-8-15-11)10(2,3)9(12)13-4/h5-8H2,1-4H3. The lowest BCUT2D eigenvalue weighted by Gasteiger charge is -2.39. The molecule has 0 N–H and O–H groups in total. The average Bonchev–Trinajstić information content (AvgIpc) is 2.67. The highest BCUT2D eigenvalue weighted by Crippen LogP contribution is 2.42. The Labute approximate surface area is 90.9 Å². The molecule has 0 aromatic rings. The summed E-state index contributed by atoms with van der Waals surface area (Å²) in [6.07, 6.45) is 1.61. The zero-order chi connectivity index (χ0) is 11.5. The predicted octanol–water partition coefficient (Wildman–Crippen LogP) is 1.73. The largest absolute Gasteiger partial charge is 0.468 e. The summed E-state index contributed by atoms with van der Waals surface area (Å²) >= 11 is 0. The smallest absolute Gasteiger partial charge is 0.316 e. The highest BCUT2D eigenvalue weighted by Gasteiger charge is 2.54. The Balaban J connectivity index is 2.92. The van der Waals surface area contributed by atoms with Crippen molar-refractivity contribution in [1.82, 2.24) is 0 Å². The highest BCUT2D eigenvalue weighted by atomic mass is 16.7. The van der Waals surface area contributed by atoms with Gasteiger partial charge in [0.15, 0.2) is 5.79 Å². The quantitative estimate of drug-likeness (QED) is 0.671. The van der Waals surface area contributed by atoms with Crippen molar-refractivity contribution in [2.45, 2.75) is 39.4 Å². The van der Waals surface area contributed by atoms with Gasteiger partial charge in [0.1, 0.15) is 5.41 Å². The Morgan fingerprint density at radius 2 is 1.93 bits per heavy atom. The lowest BCUT2D eigenvalue weighted by atomic mass is 9.80. The number of carbonyl (C=O) groups is 1. The van der Waals surface area contributed by atoms with E-state index in [9.17, 15) is 4.79 Å². The fourth-order valence-corrected chi connectivity index (χ4v) is 2.01. The van der Waals surface area contributed by atoms with Gasteiger partial charge in [-0.3, -0.25) is 4.79 Å². The molecule has 1 aliphatic rings. The van der Waals surface area contributed by atoms with Crippen LogP contribution in [0.25, 0.3) is 0 Å². The summed E-state index contributed by atoms with van der Waals surface area (Å²) in [5.74, 6) is -1.10. The normalized spacial score (nSPS) is 20.3. The molecule has 0 amide bonds. The summed E-state index contributed by atoms with van der Waals surface area (Å²) in [5, 5.41) is 0. The highest BCUT2D eigenvalue weighted by molar-refractivity contribution is 5.77. The molecule has 0 bridgehead atoms. The summed E-state index contributed by atoms with van der Waals surface area (Å²) in [7, 11) is 1.39. The van der Waals surface area contributed by atoms with Gasteiger partial charge in [-0.1, -0.05) is 13.3 Å². The molecule has 4 heteroatoms. The minimum atomic E-state index is -0.811. The zero-order valence-corrected chi connectivity index (χ0v) is 9.96. The topological polar surface area (TPSA) is 44.8 Å². The van der Waals surface area contributed by atoms with Crippen LogP contribution in [0, 0.1) is 5.41 Å². The first-order valence-corrected chi connectivity index (χ1v) is 5.36. The number of rotatable bonds is 4. The van der Waals surface area contributed by atoms with Gasteiger partial charge in [-0.15, -0.1) is 0 Å². The van der Waals surface area contributed by atoms with Gasteiger partial charge in [-0.05, 0) is 13.8 Å². The third-order valence-electron chi connectivity index (χ3n) is 2.98. The van der Waals surface area contributed by atoms with E-state index in [0.29, 0.717) is 19.6 Å². The molecule has 0 radical (unpaired) electrons. The monoisotopic (exact) mass is 216 g/mol. The molecule has 0 saturated carbocycles. The van der Waals surface area contributed by atoms with Crippen molar-refractivity contribution < 1.29 is 19.0 Å². The second kappa shape index (κ2) is 4.49. The average molecular weight is 216 g/mol. The number of hydrogen-bond acceptors (Lipinski definition) is 4. The van der Waals surface area contributed by atoms with Crippen LogP contribution >= 0.6 is 0 Å². The Bertz CT molecular complexity index is 229. The number of methoxy groups -OCH3 is 1. The minimum Gasteiger partial charge on any atom is -0.468 e. The van der Waals surface area contributed by atoms with Gasteiger partial charge >= 0.3 is 5.97 Å². The molecule has 4 nitrogen and oxygen atoms in total. The van der Waals surface area contributed by atoms with Crippen molar-refractivity contribution in [2.24, 2.45) is 5.41 Å². The predicted molar refractivity (Wildman–Crippen MR) is 55.3 cm³/mol. The van der Waals surface area contributed by atoms with E-state index in [0.717, 1.165) is 6.42 Å². The lowest BCUT2D eigenvalue weighted by molar-refractivity contribution is -0.238. The Hall–Kier alpha value is -0.610. The molecule has 1 heterocycles. The Morgan fingerprint density at radius 3 is 2.33 bits per heavy atom. The van der Waals surface area contributed by atoms with Crippen molar-refractivity contribution in [3.8, 4) is 0 Å². The van der Waals surface area contributed by atoms with Crippen molar-refractivity contribution in [3.63, 3.8) is 0 Å². The van der Waals surface area contributed by atoms with Crippen molar-refractivity contribution >= 4 is 5.97 Å². The molecule has 1 fully saturated rings. The summed E-state index contributed by atoms with van der Waals surface area (Å²) in [5.41, 5.74) is -0.770. The van der Waals surface area contributed by atoms with E-state index < -0.39 is 11.2 Å². The maximum absolute atomic E-state index is 11.7. The van der Waals surface area contributed by atoms with E-state index in [4.69, 9.17) is 14.2 Å². The van der Waals surface area contributed by atoms with Gasteiger partial charge in [-0.2, -0.15) is 0 Å². The van der Waals surface area contributed by atoms with Gasteiger partial charge in [0.25, 0.3) is 0 Å². The molecule has 0 aromatic heterocycles. The molecule has 0 aliphatic carbocycles.